The first-order chi connectivity index (χ1) is 15.5. The van der Waals surface area contributed by atoms with Crippen LogP contribution in [0.3, 0.4) is 0 Å². The molecule has 2 aliphatic heterocycles. The molecule has 0 aliphatic carbocycles. The number of benzene rings is 2. The molecule has 0 fully saturated rings. The number of hydrogen-bond donors (Lipinski definition) is 1. The number of ether oxygens (including phenoxy) is 1. The summed E-state index contributed by atoms with van der Waals surface area (Å²) in [7, 11) is 1.67. The van der Waals surface area contributed by atoms with Gasteiger partial charge in [0.15, 0.2) is 11.6 Å². The molecule has 0 bridgehead atoms. The van der Waals surface area contributed by atoms with E-state index in [1.807, 2.05) is 49.4 Å². The molecule has 0 unspecified atom stereocenters. The summed E-state index contributed by atoms with van der Waals surface area (Å²) in [6.07, 6.45) is 2.55. The normalized spacial score (nSPS) is 16.7. The maximum atomic E-state index is 13.0. The predicted molar refractivity (Wildman–Crippen MR) is 126 cm³/mol. The van der Waals surface area contributed by atoms with Gasteiger partial charge in [-0.3, -0.25) is 14.6 Å². The van der Waals surface area contributed by atoms with Crippen molar-refractivity contribution in [2.45, 2.75) is 33.2 Å². The van der Waals surface area contributed by atoms with E-state index in [1.54, 1.807) is 7.05 Å². The highest BCUT2D eigenvalue weighted by Crippen LogP contribution is 2.39. The number of aliphatic imine (C=N–C) groups is 1. The largest absolute Gasteiger partial charge is 0.489 e. The molecule has 0 radical (unpaired) electrons. The Balaban J connectivity index is 0.00000259. The third-order valence-electron chi connectivity index (χ3n) is 5.60. The summed E-state index contributed by atoms with van der Waals surface area (Å²) in [5.41, 5.74) is 4.73. The van der Waals surface area contributed by atoms with Crippen molar-refractivity contribution in [1.29, 1.82) is 0 Å². The van der Waals surface area contributed by atoms with Crippen LogP contribution in [-0.2, 0) is 17.6 Å². The van der Waals surface area contributed by atoms with Crippen molar-refractivity contribution in [2.75, 3.05) is 18.6 Å². The van der Waals surface area contributed by atoms with Crippen LogP contribution in [0.2, 0.25) is 0 Å². The molecular formula is C25H26N4O4. The zero-order chi connectivity index (χ0) is 22.2. The van der Waals surface area contributed by atoms with Crippen LogP contribution in [-0.4, -0.2) is 42.2 Å². The van der Waals surface area contributed by atoms with E-state index in [-0.39, 0.29) is 25.6 Å². The van der Waals surface area contributed by atoms with Gasteiger partial charge in [0.2, 0.25) is 0 Å². The highest BCUT2D eigenvalue weighted by Gasteiger charge is 2.32. The zero-order valence-electron chi connectivity index (χ0n) is 17.8. The van der Waals surface area contributed by atoms with Gasteiger partial charge < -0.3 is 19.4 Å². The second-order valence-electron chi connectivity index (χ2n) is 8.00. The van der Waals surface area contributed by atoms with E-state index in [1.165, 1.54) is 11.2 Å². The molecule has 0 saturated heterocycles. The highest BCUT2D eigenvalue weighted by molar-refractivity contribution is 6.03. The van der Waals surface area contributed by atoms with Gasteiger partial charge in [-0.15, -0.1) is 0 Å². The molecule has 8 nitrogen and oxygen atoms in total. The van der Waals surface area contributed by atoms with E-state index in [2.05, 4.69) is 15.3 Å². The molecule has 1 atom stereocenters. The van der Waals surface area contributed by atoms with Gasteiger partial charge in [-0.25, -0.2) is 4.98 Å². The van der Waals surface area contributed by atoms with Crippen molar-refractivity contribution < 1.29 is 18.7 Å². The Hall–Kier alpha value is -3.94. The first-order valence-electron chi connectivity index (χ1n) is 10.4. The Morgan fingerprint density at radius 2 is 2.03 bits per heavy atom. The van der Waals surface area contributed by atoms with Gasteiger partial charge in [-0.05, 0) is 30.2 Å². The lowest BCUT2D eigenvalue weighted by atomic mass is 10.1. The molecule has 2 aliphatic rings. The third-order valence-corrected chi connectivity index (χ3v) is 5.60. The Bertz CT molecular complexity index is 1230. The van der Waals surface area contributed by atoms with E-state index < -0.39 is 11.9 Å². The zero-order valence-corrected chi connectivity index (χ0v) is 17.8. The molecule has 0 spiro atoms. The summed E-state index contributed by atoms with van der Waals surface area (Å²) in [5, 5.41) is 2.73. The fourth-order valence-electron chi connectivity index (χ4n) is 3.94. The molecule has 5 rings (SSSR count). The van der Waals surface area contributed by atoms with E-state index in [0.29, 0.717) is 23.7 Å². The van der Waals surface area contributed by atoms with Gasteiger partial charge >= 0.3 is 0 Å². The minimum atomic E-state index is -0.853. The summed E-state index contributed by atoms with van der Waals surface area (Å²) in [6, 6.07) is 12.6. The molecule has 8 heteroatoms. The van der Waals surface area contributed by atoms with Gasteiger partial charge in [0, 0.05) is 25.6 Å². The van der Waals surface area contributed by atoms with Gasteiger partial charge in [-0.2, -0.15) is 0 Å². The number of hydrogen-bond acceptors (Lipinski definition) is 6. The van der Waals surface area contributed by atoms with Crippen molar-refractivity contribution in [1.82, 2.24) is 10.3 Å². The maximum Gasteiger partial charge on any atom is 0.273 e. The van der Waals surface area contributed by atoms with Crippen molar-refractivity contribution in [3.8, 4) is 5.75 Å². The number of fused-ring (bicyclic) bond motifs is 2. The summed E-state index contributed by atoms with van der Waals surface area (Å²) >= 11 is 0. The molecule has 33 heavy (non-hydrogen) atoms. The predicted octanol–water partition coefficient (Wildman–Crippen LogP) is 3.70. The van der Waals surface area contributed by atoms with Crippen LogP contribution < -0.4 is 15.0 Å². The SMILES string of the molecule is C.CC1=Nc2cc3c(cc2C1)OC[C@H](NC(=O)c1coc(Cc2ccccc2)n1)C(=O)N3C. The average molecular weight is 447 g/mol. The third kappa shape index (κ3) is 4.37. The van der Waals surface area contributed by atoms with Gasteiger partial charge in [-0.1, -0.05) is 37.8 Å². The minimum Gasteiger partial charge on any atom is -0.489 e. The molecule has 3 aromatic rings. The molecule has 3 heterocycles. The monoisotopic (exact) mass is 446 g/mol. The molecular weight excluding hydrogens is 420 g/mol. The van der Waals surface area contributed by atoms with Crippen LogP contribution in [0.25, 0.3) is 0 Å². The highest BCUT2D eigenvalue weighted by atomic mass is 16.5. The second kappa shape index (κ2) is 8.90. The Kier molecular flexibility index (Phi) is 6.00. The van der Waals surface area contributed by atoms with Gasteiger partial charge in [0.05, 0.1) is 11.4 Å². The lowest BCUT2D eigenvalue weighted by Gasteiger charge is -2.20. The number of anilines is 1. The molecule has 1 aromatic heterocycles. The summed E-state index contributed by atoms with van der Waals surface area (Å²) in [5.74, 6) is 0.272. The van der Waals surface area contributed by atoms with Gasteiger partial charge in [0.1, 0.15) is 24.7 Å². The Labute approximate surface area is 192 Å². The molecule has 1 N–H and O–H groups in total. The quantitative estimate of drug-likeness (QED) is 0.659. The molecule has 2 amide bonds. The lowest BCUT2D eigenvalue weighted by Crippen LogP contribution is -2.49. The number of carbonyl (C=O) groups is 2. The van der Waals surface area contributed by atoms with E-state index >= 15 is 0 Å². The Morgan fingerprint density at radius 1 is 1.24 bits per heavy atom. The fraction of sp³-hybridized carbons (Fsp3) is 0.280. The van der Waals surface area contributed by atoms with Crippen molar-refractivity contribution in [3.05, 3.63) is 71.4 Å². The standard InChI is InChI=1S/C24H22N4O4.CH4/c1-14-8-16-10-21-20(11-17(16)25-14)28(2)24(30)19(13-31-21)27-23(29)18-12-32-22(26-18)9-15-6-4-3-5-7-15;/h3-7,10-12,19H,8-9,13H2,1-2H3,(H,27,29);1H4/t19-;/m0./s1. The summed E-state index contributed by atoms with van der Waals surface area (Å²) in [6.45, 7) is 2.00. The molecule has 2 aromatic carbocycles. The number of rotatable bonds is 4. The number of likely N-dealkylation sites (N-methyl/N-ethyl adjacent to an activating group) is 1. The van der Waals surface area contributed by atoms with Gasteiger partial charge in [0.25, 0.3) is 11.8 Å². The van der Waals surface area contributed by atoms with Crippen molar-refractivity contribution in [3.63, 3.8) is 0 Å². The van der Waals surface area contributed by atoms with E-state index in [4.69, 9.17) is 9.15 Å². The van der Waals surface area contributed by atoms with Crippen LogP contribution in [0.5, 0.6) is 5.75 Å². The summed E-state index contributed by atoms with van der Waals surface area (Å²) in [4.78, 5) is 36.1. The van der Waals surface area contributed by atoms with Crippen LogP contribution in [0.15, 0.2) is 58.1 Å². The average Bonchev–Trinajstić information content (AvgIpc) is 3.38. The smallest absolute Gasteiger partial charge is 0.273 e. The lowest BCUT2D eigenvalue weighted by molar-refractivity contribution is -0.120. The fourth-order valence-corrected chi connectivity index (χ4v) is 3.94. The number of amides is 2. The second-order valence-corrected chi connectivity index (χ2v) is 8.00. The van der Waals surface area contributed by atoms with E-state index in [0.717, 1.165) is 28.9 Å². The number of oxazole rings is 1. The van der Waals surface area contributed by atoms with Crippen molar-refractivity contribution in [2.24, 2.45) is 4.99 Å². The van der Waals surface area contributed by atoms with Crippen LogP contribution in [0, 0.1) is 0 Å². The maximum absolute atomic E-state index is 13.0. The number of aromatic nitrogens is 1. The van der Waals surface area contributed by atoms with Crippen LogP contribution in [0.4, 0.5) is 11.4 Å². The Morgan fingerprint density at radius 3 is 2.82 bits per heavy atom. The first kappa shape index (κ1) is 22.3. The number of nitrogens with zero attached hydrogens (tertiary/aromatic N) is 3. The van der Waals surface area contributed by atoms with Crippen LogP contribution >= 0.6 is 0 Å². The minimum absolute atomic E-state index is 0. The topological polar surface area (TPSA) is 97.0 Å². The molecule has 170 valence electrons. The van der Waals surface area contributed by atoms with Crippen LogP contribution in [0.1, 0.15) is 41.9 Å². The number of carbonyl (C=O) groups excluding carboxylic acids is 2. The summed E-state index contributed by atoms with van der Waals surface area (Å²) < 4.78 is 11.4. The first-order valence-corrected chi connectivity index (χ1v) is 10.4. The van der Waals surface area contributed by atoms with Crippen molar-refractivity contribution >= 4 is 28.9 Å². The molecule has 0 saturated carbocycles. The number of nitrogens with one attached hydrogen (secondary N) is 1. The van der Waals surface area contributed by atoms with E-state index in [9.17, 15) is 9.59 Å².